The van der Waals surface area contributed by atoms with E-state index >= 15 is 0 Å². The lowest BCUT2D eigenvalue weighted by Gasteiger charge is -2.40. The van der Waals surface area contributed by atoms with Crippen LogP contribution in [0.1, 0.15) is 45.1 Å². The molecule has 1 N–H and O–H groups in total. The first-order valence-corrected chi connectivity index (χ1v) is 9.27. The molecule has 4 nitrogen and oxygen atoms in total. The van der Waals surface area contributed by atoms with E-state index in [1.807, 2.05) is 4.90 Å². The SMILES string of the molecule is C[C@@H]1[C@H](C)CCC[C@H]1N1C[C@H](C(=O)NCc2ccc(F)cc2)CC1=O. The Balaban J connectivity index is 1.56. The van der Waals surface area contributed by atoms with Crippen molar-refractivity contribution in [3.05, 3.63) is 35.6 Å². The fourth-order valence-corrected chi connectivity index (χ4v) is 4.16. The molecule has 1 saturated heterocycles. The smallest absolute Gasteiger partial charge is 0.225 e. The van der Waals surface area contributed by atoms with Crippen LogP contribution in [0.25, 0.3) is 0 Å². The molecule has 1 heterocycles. The highest BCUT2D eigenvalue weighted by atomic mass is 19.1. The minimum absolute atomic E-state index is 0.0864. The number of halogens is 1. The predicted octanol–water partition coefficient (Wildman–Crippen LogP) is 3.12. The maximum atomic E-state index is 12.9. The van der Waals surface area contributed by atoms with E-state index in [2.05, 4.69) is 19.2 Å². The Kier molecular flexibility index (Phi) is 5.40. The number of benzene rings is 1. The van der Waals surface area contributed by atoms with E-state index in [0.29, 0.717) is 31.3 Å². The number of carbonyl (C=O) groups excluding carboxylic acids is 2. The average Bonchev–Trinajstić information content (AvgIpc) is 2.98. The van der Waals surface area contributed by atoms with E-state index in [9.17, 15) is 14.0 Å². The van der Waals surface area contributed by atoms with Gasteiger partial charge in [0.1, 0.15) is 5.82 Å². The van der Waals surface area contributed by atoms with Crippen molar-refractivity contribution in [2.45, 2.75) is 52.1 Å². The first-order valence-electron chi connectivity index (χ1n) is 9.27. The molecular formula is C20H27FN2O2. The van der Waals surface area contributed by atoms with Crippen molar-refractivity contribution in [1.82, 2.24) is 10.2 Å². The number of likely N-dealkylation sites (tertiary alicyclic amines) is 1. The Morgan fingerprint density at radius 2 is 1.96 bits per heavy atom. The summed E-state index contributed by atoms with van der Waals surface area (Å²) in [6, 6.07) is 6.35. The van der Waals surface area contributed by atoms with E-state index in [1.54, 1.807) is 12.1 Å². The summed E-state index contributed by atoms with van der Waals surface area (Å²) in [7, 11) is 0. The van der Waals surface area contributed by atoms with Gasteiger partial charge in [-0.1, -0.05) is 38.8 Å². The highest BCUT2D eigenvalue weighted by Gasteiger charge is 2.41. The number of carbonyl (C=O) groups is 2. The summed E-state index contributed by atoms with van der Waals surface area (Å²) in [5.74, 6) is 0.557. The van der Waals surface area contributed by atoms with Crippen LogP contribution in [0.2, 0.25) is 0 Å². The number of nitrogens with one attached hydrogen (secondary N) is 1. The molecule has 25 heavy (non-hydrogen) atoms. The molecule has 4 atom stereocenters. The van der Waals surface area contributed by atoms with Gasteiger partial charge in [-0.25, -0.2) is 4.39 Å². The molecule has 0 spiro atoms. The van der Waals surface area contributed by atoms with Crippen molar-refractivity contribution in [2.75, 3.05) is 6.54 Å². The second kappa shape index (κ2) is 7.54. The Morgan fingerprint density at radius 3 is 2.68 bits per heavy atom. The lowest BCUT2D eigenvalue weighted by atomic mass is 9.77. The first-order chi connectivity index (χ1) is 12.0. The number of hydrogen-bond donors (Lipinski definition) is 1. The van der Waals surface area contributed by atoms with Gasteiger partial charge in [0.2, 0.25) is 11.8 Å². The van der Waals surface area contributed by atoms with Crippen molar-refractivity contribution in [3.63, 3.8) is 0 Å². The fraction of sp³-hybridized carbons (Fsp3) is 0.600. The van der Waals surface area contributed by atoms with Gasteiger partial charge < -0.3 is 10.2 Å². The van der Waals surface area contributed by atoms with Gasteiger partial charge in [-0.05, 0) is 36.0 Å². The van der Waals surface area contributed by atoms with Gasteiger partial charge in [0.05, 0.1) is 5.92 Å². The summed E-state index contributed by atoms with van der Waals surface area (Å²) in [5.41, 5.74) is 0.852. The molecule has 5 heteroatoms. The molecule has 1 aliphatic carbocycles. The third-order valence-corrected chi connectivity index (χ3v) is 5.97. The van der Waals surface area contributed by atoms with Gasteiger partial charge >= 0.3 is 0 Å². The third kappa shape index (κ3) is 4.02. The van der Waals surface area contributed by atoms with Crippen LogP contribution in [0.5, 0.6) is 0 Å². The van der Waals surface area contributed by atoms with Crippen LogP contribution >= 0.6 is 0 Å². The zero-order valence-corrected chi connectivity index (χ0v) is 15.0. The van der Waals surface area contributed by atoms with E-state index in [0.717, 1.165) is 18.4 Å². The zero-order chi connectivity index (χ0) is 18.0. The van der Waals surface area contributed by atoms with Crippen LogP contribution in [-0.4, -0.2) is 29.3 Å². The molecule has 1 aliphatic heterocycles. The monoisotopic (exact) mass is 346 g/mol. The van der Waals surface area contributed by atoms with Crippen molar-refractivity contribution < 1.29 is 14.0 Å². The molecule has 136 valence electrons. The Morgan fingerprint density at radius 1 is 1.24 bits per heavy atom. The predicted molar refractivity (Wildman–Crippen MR) is 94.0 cm³/mol. The number of hydrogen-bond acceptors (Lipinski definition) is 2. The molecule has 2 amide bonds. The standard InChI is InChI=1S/C20H27FN2O2/c1-13-4-3-5-18(14(13)2)23-12-16(10-19(23)24)20(25)22-11-15-6-8-17(21)9-7-15/h6-9,13-14,16,18H,3-5,10-12H2,1-2H3,(H,22,25)/t13-,14-,16-,18-/m1/s1. The van der Waals surface area contributed by atoms with Crippen LogP contribution in [0.4, 0.5) is 4.39 Å². The zero-order valence-electron chi connectivity index (χ0n) is 15.0. The van der Waals surface area contributed by atoms with Gasteiger partial charge in [-0.15, -0.1) is 0 Å². The quantitative estimate of drug-likeness (QED) is 0.911. The number of rotatable bonds is 4. The summed E-state index contributed by atoms with van der Waals surface area (Å²) in [6.45, 7) is 5.37. The Labute approximate surface area is 148 Å². The van der Waals surface area contributed by atoms with Crippen molar-refractivity contribution in [2.24, 2.45) is 17.8 Å². The molecule has 1 aromatic rings. The molecule has 0 aromatic heterocycles. The maximum absolute atomic E-state index is 12.9. The van der Waals surface area contributed by atoms with Crippen LogP contribution in [0.3, 0.4) is 0 Å². The lowest BCUT2D eigenvalue weighted by Crippen LogP contribution is -2.45. The average molecular weight is 346 g/mol. The van der Waals surface area contributed by atoms with Gasteiger partial charge in [-0.2, -0.15) is 0 Å². The molecule has 1 saturated carbocycles. The van der Waals surface area contributed by atoms with E-state index < -0.39 is 0 Å². The molecule has 1 aromatic carbocycles. The molecule has 0 radical (unpaired) electrons. The lowest BCUT2D eigenvalue weighted by molar-refractivity contribution is -0.132. The van der Waals surface area contributed by atoms with E-state index in [-0.39, 0.29) is 29.6 Å². The van der Waals surface area contributed by atoms with Crippen LogP contribution in [0.15, 0.2) is 24.3 Å². The Hall–Kier alpha value is -1.91. The summed E-state index contributed by atoms with van der Waals surface area (Å²) < 4.78 is 12.9. The number of amides is 2. The van der Waals surface area contributed by atoms with Gasteiger partial charge in [0, 0.05) is 25.6 Å². The largest absolute Gasteiger partial charge is 0.352 e. The summed E-state index contributed by atoms with van der Waals surface area (Å²) >= 11 is 0. The minimum Gasteiger partial charge on any atom is -0.352 e. The van der Waals surface area contributed by atoms with E-state index in [4.69, 9.17) is 0 Å². The molecule has 0 unspecified atom stereocenters. The highest BCUT2D eigenvalue weighted by molar-refractivity contribution is 5.89. The second-order valence-corrected chi connectivity index (χ2v) is 7.63. The first kappa shape index (κ1) is 17.9. The van der Waals surface area contributed by atoms with Crippen molar-refractivity contribution in [3.8, 4) is 0 Å². The van der Waals surface area contributed by atoms with Crippen LogP contribution in [-0.2, 0) is 16.1 Å². The summed E-state index contributed by atoms with van der Waals surface area (Å²) in [6.07, 6.45) is 3.72. The highest BCUT2D eigenvalue weighted by Crippen LogP contribution is 2.35. The minimum atomic E-state index is -0.289. The molecule has 3 rings (SSSR count). The molecular weight excluding hydrogens is 319 g/mol. The normalized spacial score (nSPS) is 29.7. The summed E-state index contributed by atoms with van der Waals surface area (Å²) in [4.78, 5) is 26.8. The van der Waals surface area contributed by atoms with Crippen molar-refractivity contribution in [1.29, 1.82) is 0 Å². The topological polar surface area (TPSA) is 49.4 Å². The van der Waals surface area contributed by atoms with Gasteiger partial charge in [0.15, 0.2) is 0 Å². The Bertz CT molecular complexity index is 631. The van der Waals surface area contributed by atoms with Crippen LogP contribution in [0, 0.1) is 23.6 Å². The van der Waals surface area contributed by atoms with Crippen molar-refractivity contribution >= 4 is 11.8 Å². The van der Waals surface area contributed by atoms with Gasteiger partial charge in [0.25, 0.3) is 0 Å². The maximum Gasteiger partial charge on any atom is 0.225 e. The van der Waals surface area contributed by atoms with Crippen LogP contribution < -0.4 is 5.32 Å². The third-order valence-electron chi connectivity index (χ3n) is 5.97. The molecule has 2 fully saturated rings. The van der Waals surface area contributed by atoms with Gasteiger partial charge in [-0.3, -0.25) is 9.59 Å². The summed E-state index contributed by atoms with van der Waals surface area (Å²) in [5, 5.41) is 2.88. The molecule has 0 bridgehead atoms. The fourth-order valence-electron chi connectivity index (χ4n) is 4.16. The van der Waals surface area contributed by atoms with E-state index in [1.165, 1.54) is 18.6 Å². The molecule has 2 aliphatic rings. The number of nitrogens with zero attached hydrogens (tertiary/aromatic N) is 1. The second-order valence-electron chi connectivity index (χ2n) is 7.63.